The molecule has 0 amide bonds. The molecule has 0 radical (unpaired) electrons. The Kier molecular flexibility index (Phi) is 10.4. The van der Waals surface area contributed by atoms with Crippen molar-refractivity contribution in [3.05, 3.63) is 36.6 Å². The minimum absolute atomic E-state index is 0.387. The summed E-state index contributed by atoms with van der Waals surface area (Å²) in [6.45, 7) is 11.0. The summed E-state index contributed by atoms with van der Waals surface area (Å²) in [6, 6.07) is 1.87. The van der Waals surface area contributed by atoms with E-state index in [2.05, 4.69) is 13.2 Å². The molecule has 0 heterocycles. The SMILES string of the molecule is C=C(C#N)/C=C\C(=C)OC.CC. The second-order valence-corrected chi connectivity index (χ2v) is 1.64. The lowest BCUT2D eigenvalue weighted by Crippen LogP contribution is -1.77. The molecule has 0 aromatic rings. The van der Waals surface area contributed by atoms with Gasteiger partial charge in [0.1, 0.15) is 5.76 Å². The Bertz CT molecular complexity index is 208. The molecule has 2 heteroatoms. The summed E-state index contributed by atoms with van der Waals surface area (Å²) in [6.07, 6.45) is 3.14. The lowest BCUT2D eigenvalue weighted by Gasteiger charge is -1.93. The second-order valence-electron chi connectivity index (χ2n) is 1.64. The van der Waals surface area contributed by atoms with Crippen molar-refractivity contribution in [1.29, 1.82) is 5.26 Å². The van der Waals surface area contributed by atoms with Crippen molar-refractivity contribution < 1.29 is 4.74 Å². The highest BCUT2D eigenvalue weighted by atomic mass is 16.5. The summed E-state index contributed by atoms with van der Waals surface area (Å²) in [5, 5.41) is 8.25. The molecule has 0 aliphatic carbocycles. The number of hydrogen-bond acceptors (Lipinski definition) is 2. The maximum absolute atomic E-state index is 8.25. The third-order valence-corrected chi connectivity index (χ3v) is 0.876. The quantitative estimate of drug-likeness (QED) is 0.366. The molecule has 0 aliphatic rings. The average molecular weight is 165 g/mol. The van der Waals surface area contributed by atoms with Crippen molar-refractivity contribution in [2.24, 2.45) is 0 Å². The van der Waals surface area contributed by atoms with Gasteiger partial charge in [0.15, 0.2) is 0 Å². The van der Waals surface area contributed by atoms with Crippen LogP contribution in [0, 0.1) is 11.3 Å². The Hall–Kier alpha value is -1.49. The first kappa shape index (κ1) is 13.1. The Balaban J connectivity index is 0. The van der Waals surface area contributed by atoms with Gasteiger partial charge in [-0.2, -0.15) is 5.26 Å². The molecule has 66 valence electrons. The highest BCUT2D eigenvalue weighted by Gasteiger charge is 1.83. The zero-order valence-electron chi connectivity index (χ0n) is 7.92. The third-order valence-electron chi connectivity index (χ3n) is 0.876. The summed E-state index contributed by atoms with van der Waals surface area (Å²) in [5.74, 6) is 0.511. The monoisotopic (exact) mass is 165 g/mol. The molecule has 0 rings (SSSR count). The van der Waals surface area contributed by atoms with Crippen LogP contribution < -0.4 is 0 Å². The predicted octanol–water partition coefficient (Wildman–Crippen LogP) is 2.81. The average Bonchev–Trinajstić information content (AvgIpc) is 2.16. The van der Waals surface area contributed by atoms with Crippen molar-refractivity contribution in [2.75, 3.05) is 7.11 Å². The van der Waals surface area contributed by atoms with E-state index < -0.39 is 0 Å². The van der Waals surface area contributed by atoms with E-state index in [0.29, 0.717) is 11.3 Å². The van der Waals surface area contributed by atoms with Crippen molar-refractivity contribution >= 4 is 0 Å². The van der Waals surface area contributed by atoms with E-state index in [1.54, 1.807) is 12.2 Å². The molecule has 0 saturated carbocycles. The Morgan fingerprint density at radius 1 is 1.33 bits per heavy atom. The summed E-state index contributed by atoms with van der Waals surface area (Å²) in [4.78, 5) is 0. The van der Waals surface area contributed by atoms with E-state index in [4.69, 9.17) is 10.00 Å². The summed E-state index contributed by atoms with van der Waals surface area (Å²) in [5.41, 5.74) is 0.387. The van der Waals surface area contributed by atoms with Crippen molar-refractivity contribution in [3.8, 4) is 6.07 Å². The van der Waals surface area contributed by atoms with Gasteiger partial charge in [0.05, 0.1) is 13.2 Å². The number of allylic oxidation sites excluding steroid dienone is 3. The fourth-order valence-electron chi connectivity index (χ4n) is 0.299. The molecular formula is C10H15NO. The van der Waals surface area contributed by atoms with Crippen LogP contribution in [0.2, 0.25) is 0 Å². The normalized spacial score (nSPS) is 7.83. The molecular weight excluding hydrogens is 150 g/mol. The number of nitrogens with zero attached hydrogens (tertiary/aromatic N) is 1. The van der Waals surface area contributed by atoms with E-state index in [1.165, 1.54) is 7.11 Å². The molecule has 0 atom stereocenters. The fraction of sp³-hybridized carbons (Fsp3) is 0.300. The first-order valence-electron chi connectivity index (χ1n) is 3.70. The first-order chi connectivity index (χ1) is 5.70. The summed E-state index contributed by atoms with van der Waals surface area (Å²) >= 11 is 0. The van der Waals surface area contributed by atoms with Crippen LogP contribution in [0.3, 0.4) is 0 Å². The van der Waals surface area contributed by atoms with Gasteiger partial charge in [0.2, 0.25) is 0 Å². The van der Waals surface area contributed by atoms with Gasteiger partial charge in [0.25, 0.3) is 0 Å². The molecule has 2 nitrogen and oxygen atoms in total. The van der Waals surface area contributed by atoms with Crippen LogP contribution in [0.1, 0.15) is 13.8 Å². The number of hydrogen-bond donors (Lipinski definition) is 0. The topological polar surface area (TPSA) is 33.0 Å². The van der Waals surface area contributed by atoms with Crippen molar-refractivity contribution in [2.45, 2.75) is 13.8 Å². The van der Waals surface area contributed by atoms with Gasteiger partial charge in [-0.3, -0.25) is 0 Å². The van der Waals surface area contributed by atoms with Gasteiger partial charge in [-0.1, -0.05) is 27.0 Å². The summed E-state index contributed by atoms with van der Waals surface area (Å²) < 4.78 is 4.71. The van der Waals surface area contributed by atoms with E-state index in [0.717, 1.165) is 0 Å². The van der Waals surface area contributed by atoms with Crippen LogP contribution in [0.25, 0.3) is 0 Å². The molecule has 0 aromatic heterocycles. The summed E-state index contributed by atoms with van der Waals surface area (Å²) in [7, 11) is 1.52. The molecule has 0 aliphatic heterocycles. The van der Waals surface area contributed by atoms with E-state index >= 15 is 0 Å². The van der Waals surface area contributed by atoms with Crippen LogP contribution in [-0.2, 0) is 4.74 Å². The zero-order valence-corrected chi connectivity index (χ0v) is 7.92. The Morgan fingerprint density at radius 2 is 1.83 bits per heavy atom. The van der Waals surface area contributed by atoms with Crippen LogP contribution in [-0.4, -0.2) is 7.11 Å². The number of methoxy groups -OCH3 is 1. The Labute approximate surface area is 74.5 Å². The first-order valence-corrected chi connectivity index (χ1v) is 3.70. The molecule has 12 heavy (non-hydrogen) atoms. The maximum atomic E-state index is 8.25. The van der Waals surface area contributed by atoms with Gasteiger partial charge in [0, 0.05) is 5.57 Å². The predicted molar refractivity (Wildman–Crippen MR) is 51.4 cm³/mol. The van der Waals surface area contributed by atoms with Crippen LogP contribution in [0.4, 0.5) is 0 Å². The molecule has 0 N–H and O–H groups in total. The van der Waals surface area contributed by atoms with Gasteiger partial charge in [-0.05, 0) is 12.2 Å². The van der Waals surface area contributed by atoms with Gasteiger partial charge >= 0.3 is 0 Å². The molecule has 0 fully saturated rings. The number of ether oxygens (including phenoxy) is 1. The number of nitriles is 1. The van der Waals surface area contributed by atoms with Crippen LogP contribution in [0.5, 0.6) is 0 Å². The Morgan fingerprint density at radius 3 is 2.17 bits per heavy atom. The van der Waals surface area contributed by atoms with E-state index in [9.17, 15) is 0 Å². The van der Waals surface area contributed by atoms with Gasteiger partial charge in [-0.25, -0.2) is 0 Å². The minimum Gasteiger partial charge on any atom is -0.497 e. The molecule has 0 unspecified atom stereocenters. The van der Waals surface area contributed by atoms with E-state index in [-0.39, 0.29) is 0 Å². The largest absolute Gasteiger partial charge is 0.497 e. The zero-order chi connectivity index (χ0) is 9.98. The fourth-order valence-corrected chi connectivity index (χ4v) is 0.299. The maximum Gasteiger partial charge on any atom is 0.111 e. The standard InChI is InChI=1S/C8H9NO.C2H6/c1-7(6-9)4-5-8(2)10-3;1-2/h4-5H,1-2H2,3H3;1-2H3/b5-4-;. The van der Waals surface area contributed by atoms with Crippen molar-refractivity contribution in [3.63, 3.8) is 0 Å². The lowest BCUT2D eigenvalue weighted by atomic mass is 10.3. The van der Waals surface area contributed by atoms with Crippen LogP contribution in [0.15, 0.2) is 36.6 Å². The second kappa shape index (κ2) is 9.51. The van der Waals surface area contributed by atoms with E-state index in [1.807, 2.05) is 19.9 Å². The van der Waals surface area contributed by atoms with Crippen LogP contribution >= 0.6 is 0 Å². The van der Waals surface area contributed by atoms with Gasteiger partial charge < -0.3 is 4.74 Å². The highest BCUT2D eigenvalue weighted by molar-refractivity contribution is 5.32. The molecule has 0 spiro atoms. The lowest BCUT2D eigenvalue weighted by molar-refractivity contribution is 0.309. The minimum atomic E-state index is 0.387. The number of rotatable bonds is 3. The third kappa shape index (κ3) is 8.51. The van der Waals surface area contributed by atoms with Crippen molar-refractivity contribution in [1.82, 2.24) is 0 Å². The molecule has 0 bridgehead atoms. The smallest absolute Gasteiger partial charge is 0.111 e. The highest BCUT2D eigenvalue weighted by Crippen LogP contribution is 1.96. The molecule has 0 saturated heterocycles. The molecule has 0 aromatic carbocycles. The van der Waals surface area contributed by atoms with Gasteiger partial charge in [-0.15, -0.1) is 0 Å².